The van der Waals surface area contributed by atoms with Crippen LogP contribution in [0.25, 0.3) is 10.2 Å². The van der Waals surface area contributed by atoms with Crippen molar-refractivity contribution in [1.29, 1.82) is 0 Å². The Kier molecular flexibility index (Phi) is 10.3. The number of aliphatic hydroxyl groups is 1. The van der Waals surface area contributed by atoms with E-state index in [2.05, 4.69) is 53.9 Å². The molecule has 0 saturated carbocycles. The van der Waals surface area contributed by atoms with Gasteiger partial charge in [-0.3, -0.25) is 0 Å². The number of amides is 1. The standard InChI is InChI=1S/C32H42N4O6S2/c1-4-12-33-31-34-23-11-10-21(14-27(23)43-31)44-36(15-19(2)3)16-25(37)24(13-20-8-6-5-7-9-20)35-32(38)42-28-22-17-39-30-29(22)41-26(28)18-40-30/h5-11,14,19,22,24-26,28-30,37H,4,12-13,15-18H2,1-3H3,(H,33,34)(H,35,38)/t22?,24-,25+,26?,28?,29?,30?/m0/s1. The molecule has 0 aliphatic carbocycles. The van der Waals surface area contributed by atoms with Crippen LogP contribution in [-0.4, -0.2) is 90.1 Å². The lowest BCUT2D eigenvalue weighted by molar-refractivity contribution is -0.231. The molecule has 238 valence electrons. The predicted molar refractivity (Wildman–Crippen MR) is 172 cm³/mol. The molecule has 1 amide bonds. The summed E-state index contributed by atoms with van der Waals surface area (Å²) in [5.74, 6) is 0.321. The van der Waals surface area contributed by atoms with Crippen LogP contribution in [0.15, 0.2) is 53.4 Å². The van der Waals surface area contributed by atoms with E-state index >= 15 is 0 Å². The number of thiazole rings is 1. The van der Waals surface area contributed by atoms with Gasteiger partial charge in [0.1, 0.15) is 18.3 Å². The molecular weight excluding hydrogens is 601 g/mol. The first kappa shape index (κ1) is 31.5. The minimum absolute atomic E-state index is 0.0527. The molecule has 3 N–H and O–H groups in total. The third-order valence-corrected chi connectivity index (χ3v) is 10.1. The van der Waals surface area contributed by atoms with E-state index in [0.717, 1.165) is 45.3 Å². The van der Waals surface area contributed by atoms with Gasteiger partial charge in [0.15, 0.2) is 11.4 Å². The van der Waals surface area contributed by atoms with Crippen molar-refractivity contribution in [3.8, 4) is 0 Å². The van der Waals surface area contributed by atoms with Crippen molar-refractivity contribution >= 4 is 44.7 Å². The summed E-state index contributed by atoms with van der Waals surface area (Å²) in [5, 5.41) is 19.0. The molecule has 4 heterocycles. The van der Waals surface area contributed by atoms with Crippen LogP contribution in [0.3, 0.4) is 0 Å². The number of benzene rings is 2. The number of rotatable bonds is 14. The average Bonchev–Trinajstić information content (AvgIpc) is 3.68. The number of anilines is 1. The fourth-order valence-electron chi connectivity index (χ4n) is 6.00. The van der Waals surface area contributed by atoms with Gasteiger partial charge in [-0.2, -0.15) is 0 Å². The van der Waals surface area contributed by atoms with Gasteiger partial charge in [0.05, 0.1) is 41.5 Å². The van der Waals surface area contributed by atoms with Gasteiger partial charge in [0.2, 0.25) is 0 Å². The maximum Gasteiger partial charge on any atom is 0.407 e. The second-order valence-corrected chi connectivity index (χ2v) is 14.3. The molecule has 0 radical (unpaired) electrons. The maximum atomic E-state index is 13.3. The van der Waals surface area contributed by atoms with Gasteiger partial charge < -0.3 is 34.7 Å². The molecule has 3 aliphatic rings. The lowest BCUT2D eigenvalue weighted by atomic mass is 9.99. The molecule has 44 heavy (non-hydrogen) atoms. The average molecular weight is 643 g/mol. The third kappa shape index (κ3) is 7.50. The molecule has 3 aromatic rings. The molecule has 6 rings (SSSR count). The highest BCUT2D eigenvalue weighted by atomic mass is 32.2. The Bertz CT molecular complexity index is 1390. The highest BCUT2D eigenvalue weighted by Gasteiger charge is 2.58. The number of aliphatic hydroxyl groups excluding tert-OH is 1. The van der Waals surface area contributed by atoms with E-state index in [4.69, 9.17) is 23.9 Å². The number of alkyl carbamates (subject to hydrolysis) is 1. The van der Waals surface area contributed by atoms with Crippen LogP contribution < -0.4 is 10.6 Å². The summed E-state index contributed by atoms with van der Waals surface area (Å²) in [4.78, 5) is 19.1. The Balaban J connectivity index is 1.14. The topological polar surface area (TPSA) is 114 Å². The Morgan fingerprint density at radius 2 is 2.00 bits per heavy atom. The van der Waals surface area contributed by atoms with Gasteiger partial charge in [-0.05, 0) is 54.5 Å². The molecule has 3 saturated heterocycles. The van der Waals surface area contributed by atoms with Crippen LogP contribution in [0.5, 0.6) is 0 Å². The summed E-state index contributed by atoms with van der Waals surface area (Å²) >= 11 is 3.27. The summed E-state index contributed by atoms with van der Waals surface area (Å²) in [6, 6.07) is 15.6. The Labute approximate surface area is 266 Å². The van der Waals surface area contributed by atoms with Gasteiger partial charge >= 0.3 is 6.09 Å². The summed E-state index contributed by atoms with van der Waals surface area (Å²) in [6.07, 6.45) is -1.27. The molecule has 2 aromatic carbocycles. The van der Waals surface area contributed by atoms with E-state index < -0.39 is 24.3 Å². The SMILES string of the molecule is CCCNc1nc2ccc(SN(CC(C)C)C[C@@H](O)[C@H](Cc3ccccc3)NC(=O)OC3C4COC5OCC3C5O4)cc2s1. The number of carbonyl (C=O) groups is 1. The van der Waals surface area contributed by atoms with Crippen LogP contribution in [0, 0.1) is 11.8 Å². The van der Waals surface area contributed by atoms with E-state index in [9.17, 15) is 9.90 Å². The number of aromatic nitrogens is 1. The van der Waals surface area contributed by atoms with Crippen molar-refractivity contribution in [3.05, 3.63) is 54.1 Å². The van der Waals surface area contributed by atoms with Crippen LogP contribution in [0.2, 0.25) is 0 Å². The highest BCUT2D eigenvalue weighted by Crippen LogP contribution is 2.41. The fraction of sp³-hybridized carbons (Fsp3) is 0.562. The summed E-state index contributed by atoms with van der Waals surface area (Å²) in [7, 11) is 0. The summed E-state index contributed by atoms with van der Waals surface area (Å²) in [5.41, 5.74) is 1.99. The van der Waals surface area contributed by atoms with Gasteiger partial charge in [-0.1, -0.05) is 62.4 Å². The van der Waals surface area contributed by atoms with E-state index in [-0.39, 0.29) is 24.4 Å². The van der Waals surface area contributed by atoms with Gasteiger partial charge in [-0.15, -0.1) is 0 Å². The van der Waals surface area contributed by atoms with E-state index in [1.165, 1.54) is 0 Å². The molecule has 3 fully saturated rings. The zero-order chi connectivity index (χ0) is 30.6. The van der Waals surface area contributed by atoms with Crippen molar-refractivity contribution in [2.24, 2.45) is 11.8 Å². The quantitative estimate of drug-likeness (QED) is 0.210. The van der Waals surface area contributed by atoms with E-state index in [1.54, 1.807) is 23.3 Å². The van der Waals surface area contributed by atoms with Crippen LogP contribution >= 0.6 is 23.3 Å². The Morgan fingerprint density at radius 3 is 2.80 bits per heavy atom. The van der Waals surface area contributed by atoms with Crippen LogP contribution in [0.1, 0.15) is 32.8 Å². The monoisotopic (exact) mass is 642 g/mol. The predicted octanol–water partition coefficient (Wildman–Crippen LogP) is 4.92. The molecule has 7 atom stereocenters. The molecule has 2 bridgehead atoms. The number of hydrogen-bond donors (Lipinski definition) is 3. The Morgan fingerprint density at radius 1 is 1.18 bits per heavy atom. The highest BCUT2D eigenvalue weighted by molar-refractivity contribution is 7.97. The van der Waals surface area contributed by atoms with E-state index in [1.807, 2.05) is 30.3 Å². The van der Waals surface area contributed by atoms with Crippen molar-refractivity contribution in [2.45, 2.75) is 75.3 Å². The van der Waals surface area contributed by atoms with Crippen LogP contribution in [-0.2, 0) is 25.4 Å². The molecule has 3 aliphatic heterocycles. The first-order valence-corrected chi connectivity index (χ1v) is 17.1. The summed E-state index contributed by atoms with van der Waals surface area (Å²) in [6.45, 7) is 9.24. The first-order chi connectivity index (χ1) is 21.4. The van der Waals surface area contributed by atoms with Crippen molar-refractivity contribution in [3.63, 3.8) is 0 Å². The Hall–Kier alpha value is -2.45. The van der Waals surface area contributed by atoms with Gasteiger partial charge in [0.25, 0.3) is 0 Å². The van der Waals surface area contributed by atoms with Crippen molar-refractivity contribution < 1.29 is 28.8 Å². The van der Waals surface area contributed by atoms with Crippen LogP contribution in [0.4, 0.5) is 9.93 Å². The smallest absolute Gasteiger partial charge is 0.407 e. The number of hydrogen-bond acceptors (Lipinski definition) is 11. The van der Waals surface area contributed by atoms with Crippen molar-refractivity contribution in [2.75, 3.05) is 38.2 Å². The normalized spacial score (nSPS) is 25.5. The second-order valence-electron chi connectivity index (χ2n) is 12.1. The molecule has 10 nitrogen and oxygen atoms in total. The molecule has 12 heteroatoms. The minimum atomic E-state index is -0.854. The molecule has 0 spiro atoms. The number of nitrogens with one attached hydrogen (secondary N) is 2. The number of ether oxygens (including phenoxy) is 4. The van der Waals surface area contributed by atoms with E-state index in [0.29, 0.717) is 32.1 Å². The molecule has 5 unspecified atom stereocenters. The maximum absolute atomic E-state index is 13.3. The van der Waals surface area contributed by atoms with Crippen molar-refractivity contribution in [1.82, 2.24) is 14.6 Å². The lowest BCUT2D eigenvalue weighted by Gasteiger charge is -2.31. The first-order valence-electron chi connectivity index (χ1n) is 15.5. The van der Waals surface area contributed by atoms with Gasteiger partial charge in [-0.25, -0.2) is 14.1 Å². The minimum Gasteiger partial charge on any atom is -0.443 e. The largest absolute Gasteiger partial charge is 0.443 e. The molecule has 1 aromatic heterocycles. The number of carbonyl (C=O) groups excluding carboxylic acids is 1. The lowest BCUT2D eigenvalue weighted by Crippen LogP contribution is -2.50. The third-order valence-electron chi connectivity index (χ3n) is 8.08. The zero-order valence-corrected chi connectivity index (χ0v) is 27.0. The number of nitrogens with zero attached hydrogens (tertiary/aromatic N) is 2. The number of fused-ring (bicyclic) bond motifs is 2. The fourth-order valence-corrected chi connectivity index (χ4v) is 8.20. The second kappa shape index (κ2) is 14.3. The molecular formula is C32H42N4O6S2. The van der Waals surface area contributed by atoms with Gasteiger partial charge in [0, 0.05) is 24.5 Å². The zero-order valence-electron chi connectivity index (χ0n) is 25.4. The summed E-state index contributed by atoms with van der Waals surface area (Å²) < 4.78 is 26.6.